The van der Waals surface area contributed by atoms with Crippen molar-refractivity contribution in [2.75, 3.05) is 14.2 Å². The van der Waals surface area contributed by atoms with E-state index in [0.717, 1.165) is 47.5 Å². The van der Waals surface area contributed by atoms with Crippen LogP contribution in [0.1, 0.15) is 79.4 Å². The third-order valence-corrected chi connectivity index (χ3v) is 13.2. The monoisotopic (exact) mass is 579 g/mol. The first-order chi connectivity index (χ1) is 19.3. The first kappa shape index (κ1) is 32.5. The van der Waals surface area contributed by atoms with Crippen molar-refractivity contribution < 1.29 is 23.8 Å². The van der Waals surface area contributed by atoms with E-state index in [1.807, 2.05) is 36.7 Å². The summed E-state index contributed by atoms with van der Waals surface area (Å²) < 4.78 is 20.7. The van der Waals surface area contributed by atoms with E-state index >= 15 is 0 Å². The summed E-state index contributed by atoms with van der Waals surface area (Å²) in [5.41, 5.74) is 4.45. The highest BCUT2D eigenvalue weighted by Crippen LogP contribution is 2.45. The van der Waals surface area contributed by atoms with E-state index in [4.69, 9.17) is 13.9 Å². The number of hydrogen-bond donors (Lipinski definition) is 1. The number of carboxylic acid groups (broad SMARTS) is 1. The highest BCUT2D eigenvalue weighted by atomic mass is 28.4. The molecule has 0 fully saturated rings. The summed E-state index contributed by atoms with van der Waals surface area (Å²) in [7, 11) is 1.11. The van der Waals surface area contributed by atoms with Gasteiger partial charge >= 0.3 is 5.97 Å². The van der Waals surface area contributed by atoms with Gasteiger partial charge in [-0.3, -0.25) is 0 Å². The zero-order valence-corrected chi connectivity index (χ0v) is 27.4. The molecule has 1 aromatic heterocycles. The summed E-state index contributed by atoms with van der Waals surface area (Å²) in [6.07, 6.45) is 5.09. The van der Waals surface area contributed by atoms with Crippen molar-refractivity contribution in [2.45, 2.75) is 91.1 Å². The molecule has 41 heavy (non-hydrogen) atoms. The Balaban J connectivity index is 2.14. The van der Waals surface area contributed by atoms with Crippen LogP contribution < -0.4 is 9.47 Å². The average molecular weight is 580 g/mol. The first-order valence-corrected chi connectivity index (χ1v) is 17.6. The molecule has 0 bridgehead atoms. The van der Waals surface area contributed by atoms with Gasteiger partial charge in [-0.05, 0) is 85.6 Å². The second-order valence-electron chi connectivity index (χ2n) is 12.5. The van der Waals surface area contributed by atoms with Crippen LogP contribution in [0.2, 0.25) is 18.1 Å². The number of aromatic nitrogens is 1. The summed E-state index contributed by atoms with van der Waals surface area (Å²) >= 11 is 0. The Morgan fingerprint density at radius 3 is 2.15 bits per heavy atom. The van der Waals surface area contributed by atoms with Gasteiger partial charge in [0.1, 0.15) is 17.2 Å². The average Bonchev–Trinajstić information content (AvgIpc) is 3.34. The fraction of sp³-hybridized carbons (Fsp3) is 0.500. The third-order valence-electron chi connectivity index (χ3n) is 8.70. The molecule has 6 nitrogen and oxygen atoms in total. The standard InChI is InChI=1S/C34H49NO5Si/c1-10-26-19-20-35(31(26)33(36)37)23-27(18-14-17-25-15-12-11-13-16-25)32(40-41(8,9)34(3,4)5)28-21-29(38-6)24(2)30(22-28)39-7/h11-13,15-16,19-22,27,32H,10,14,17-18,23H2,1-9H3,(H,36,37)/t27-,32-/m0/s1. The highest BCUT2D eigenvalue weighted by molar-refractivity contribution is 6.74. The molecule has 0 unspecified atom stereocenters. The van der Waals surface area contributed by atoms with E-state index in [1.165, 1.54) is 5.56 Å². The molecule has 224 valence electrons. The number of carboxylic acids is 1. The minimum atomic E-state index is -2.25. The van der Waals surface area contributed by atoms with Crippen LogP contribution in [0.4, 0.5) is 0 Å². The van der Waals surface area contributed by atoms with E-state index in [2.05, 4.69) is 70.3 Å². The molecule has 0 aliphatic rings. The van der Waals surface area contributed by atoms with E-state index in [-0.39, 0.29) is 17.1 Å². The van der Waals surface area contributed by atoms with Gasteiger partial charge in [-0.1, -0.05) is 58.0 Å². The Bertz CT molecular complexity index is 1270. The lowest BCUT2D eigenvalue weighted by molar-refractivity contribution is 0.0671. The Morgan fingerprint density at radius 1 is 1.02 bits per heavy atom. The van der Waals surface area contributed by atoms with E-state index in [9.17, 15) is 9.90 Å². The third kappa shape index (κ3) is 7.83. The number of benzene rings is 2. The summed E-state index contributed by atoms with van der Waals surface area (Å²) in [4.78, 5) is 12.4. The van der Waals surface area contributed by atoms with Crippen LogP contribution in [0.25, 0.3) is 0 Å². The van der Waals surface area contributed by atoms with Gasteiger partial charge in [0.15, 0.2) is 8.32 Å². The molecular formula is C34H49NO5Si. The summed E-state index contributed by atoms with van der Waals surface area (Å²) in [5, 5.41) is 10.1. The van der Waals surface area contributed by atoms with Crippen LogP contribution in [0, 0.1) is 12.8 Å². The minimum absolute atomic E-state index is 0.00619. The molecule has 0 spiro atoms. The fourth-order valence-corrected chi connectivity index (χ4v) is 6.54. The SMILES string of the molecule is CCc1ccn(C[C@H](CCCc2ccccc2)[C@H](O[Si](C)(C)C(C)(C)C)c2cc(OC)c(C)c(OC)c2)c1C(=O)O. The quantitative estimate of drug-likeness (QED) is 0.194. The second-order valence-corrected chi connectivity index (χ2v) is 17.2. The molecule has 1 N–H and O–H groups in total. The molecule has 0 amide bonds. The van der Waals surface area contributed by atoms with Gasteiger partial charge in [0.2, 0.25) is 0 Å². The van der Waals surface area contributed by atoms with Crippen molar-refractivity contribution >= 4 is 14.3 Å². The van der Waals surface area contributed by atoms with Gasteiger partial charge in [-0.15, -0.1) is 0 Å². The van der Waals surface area contributed by atoms with Gasteiger partial charge in [0.05, 0.1) is 20.3 Å². The number of methoxy groups -OCH3 is 2. The van der Waals surface area contributed by atoms with Crippen molar-refractivity contribution in [1.82, 2.24) is 4.57 Å². The van der Waals surface area contributed by atoms with E-state index in [0.29, 0.717) is 18.7 Å². The molecule has 0 saturated carbocycles. The number of nitrogens with zero attached hydrogens (tertiary/aromatic N) is 1. The summed E-state index contributed by atoms with van der Waals surface area (Å²) in [6, 6.07) is 16.6. The number of carbonyl (C=O) groups is 1. The van der Waals surface area contributed by atoms with Crippen LogP contribution in [-0.4, -0.2) is 38.2 Å². The topological polar surface area (TPSA) is 69.9 Å². The largest absolute Gasteiger partial charge is 0.496 e. The van der Waals surface area contributed by atoms with Crippen molar-refractivity contribution in [1.29, 1.82) is 0 Å². The summed E-state index contributed by atoms with van der Waals surface area (Å²) in [5.74, 6) is 0.633. The van der Waals surface area contributed by atoms with Gasteiger partial charge < -0.3 is 23.6 Å². The Kier molecular flexibility index (Phi) is 10.9. The molecule has 0 aliphatic heterocycles. The van der Waals surface area contributed by atoms with E-state index in [1.54, 1.807) is 14.2 Å². The molecule has 3 aromatic rings. The lowest BCUT2D eigenvalue weighted by Crippen LogP contribution is -2.43. The van der Waals surface area contributed by atoms with E-state index < -0.39 is 14.3 Å². The first-order valence-electron chi connectivity index (χ1n) is 14.7. The highest BCUT2D eigenvalue weighted by Gasteiger charge is 2.41. The Morgan fingerprint density at radius 2 is 1.63 bits per heavy atom. The zero-order valence-electron chi connectivity index (χ0n) is 26.4. The Hall–Kier alpha value is -3.03. The molecule has 0 radical (unpaired) electrons. The van der Waals surface area contributed by atoms with Crippen LogP contribution >= 0.6 is 0 Å². The number of aryl methyl sites for hydroxylation is 2. The van der Waals surface area contributed by atoms with Gasteiger partial charge in [-0.25, -0.2) is 4.79 Å². The Labute approximate surface area is 247 Å². The van der Waals surface area contributed by atoms with Crippen LogP contribution in [-0.2, 0) is 23.8 Å². The molecule has 2 aromatic carbocycles. The molecule has 2 atom stereocenters. The number of aromatic carboxylic acids is 1. The minimum Gasteiger partial charge on any atom is -0.496 e. The van der Waals surface area contributed by atoms with Gasteiger partial charge in [-0.2, -0.15) is 0 Å². The lowest BCUT2D eigenvalue weighted by atomic mass is 9.89. The smallest absolute Gasteiger partial charge is 0.352 e. The molecule has 0 saturated heterocycles. The van der Waals surface area contributed by atoms with Crippen molar-refractivity contribution in [2.24, 2.45) is 5.92 Å². The van der Waals surface area contributed by atoms with Crippen molar-refractivity contribution in [3.63, 3.8) is 0 Å². The predicted octanol–water partition coefficient (Wildman–Crippen LogP) is 8.48. The maximum Gasteiger partial charge on any atom is 0.352 e. The van der Waals surface area contributed by atoms with Crippen molar-refractivity contribution in [3.8, 4) is 11.5 Å². The maximum absolute atomic E-state index is 12.4. The number of ether oxygens (including phenoxy) is 2. The maximum atomic E-state index is 12.4. The van der Waals surface area contributed by atoms with Crippen molar-refractivity contribution in [3.05, 3.63) is 82.7 Å². The molecular weight excluding hydrogens is 530 g/mol. The zero-order chi connectivity index (χ0) is 30.4. The molecule has 3 rings (SSSR count). The van der Waals surface area contributed by atoms with Crippen LogP contribution in [0.5, 0.6) is 11.5 Å². The number of rotatable bonds is 14. The lowest BCUT2D eigenvalue weighted by Gasteiger charge is -2.42. The number of hydrogen-bond acceptors (Lipinski definition) is 4. The fourth-order valence-electron chi connectivity index (χ4n) is 5.22. The normalized spacial score (nSPS) is 13.6. The molecule has 1 heterocycles. The van der Waals surface area contributed by atoms with Gasteiger partial charge in [0, 0.05) is 24.2 Å². The second kappa shape index (κ2) is 13.8. The van der Waals surface area contributed by atoms with Gasteiger partial charge in [0.25, 0.3) is 0 Å². The van der Waals surface area contributed by atoms with Crippen LogP contribution in [0.3, 0.4) is 0 Å². The molecule has 0 aliphatic carbocycles. The summed E-state index contributed by atoms with van der Waals surface area (Å²) in [6.45, 7) is 15.8. The van der Waals surface area contributed by atoms with Crippen LogP contribution in [0.15, 0.2) is 54.7 Å². The predicted molar refractivity (Wildman–Crippen MR) is 169 cm³/mol. The molecule has 7 heteroatoms.